The maximum Gasteiger partial charge on any atom is 0.260 e. The van der Waals surface area contributed by atoms with E-state index in [1.54, 1.807) is 17.0 Å². The molecule has 3 nitrogen and oxygen atoms in total. The molecule has 0 unspecified atom stereocenters. The van der Waals surface area contributed by atoms with Crippen molar-refractivity contribution in [1.82, 2.24) is 0 Å². The Morgan fingerprint density at radius 3 is 2.54 bits per heavy atom. The Morgan fingerprint density at radius 1 is 1.04 bits per heavy atom. The minimum Gasteiger partial charge on any atom is -0.359 e. The lowest BCUT2D eigenvalue weighted by atomic mass is 10.1. The Kier molecular flexibility index (Phi) is 4.24. The Hall–Kier alpha value is -2.66. The zero-order valence-corrected chi connectivity index (χ0v) is 15.6. The number of nitrogens with zero attached hydrogens (tertiary/aromatic N) is 1. The van der Waals surface area contributed by atoms with Crippen LogP contribution < -0.4 is 10.2 Å². The second kappa shape index (κ2) is 6.57. The van der Waals surface area contributed by atoms with Crippen molar-refractivity contribution in [3.8, 4) is 0 Å². The van der Waals surface area contributed by atoms with E-state index < -0.39 is 6.17 Å². The van der Waals surface area contributed by atoms with Gasteiger partial charge >= 0.3 is 0 Å². The van der Waals surface area contributed by atoms with Crippen LogP contribution in [-0.4, -0.2) is 5.91 Å². The topological polar surface area (TPSA) is 32.3 Å². The summed E-state index contributed by atoms with van der Waals surface area (Å²) in [5.41, 5.74) is 3.61. The zero-order valence-electron chi connectivity index (χ0n) is 14.0. The Morgan fingerprint density at radius 2 is 1.77 bits per heavy atom. The van der Waals surface area contributed by atoms with Crippen LogP contribution in [0.1, 0.15) is 27.7 Å². The first kappa shape index (κ1) is 16.8. The van der Waals surface area contributed by atoms with Gasteiger partial charge in [-0.05, 0) is 42.8 Å². The minimum absolute atomic E-state index is 0.0927. The van der Waals surface area contributed by atoms with Crippen molar-refractivity contribution in [2.24, 2.45) is 0 Å². The number of carbonyl (C=O) groups is 1. The second-order valence-corrected chi connectivity index (χ2v) is 7.14. The maximum atomic E-state index is 14.4. The lowest BCUT2D eigenvalue weighted by Crippen LogP contribution is -2.33. The van der Waals surface area contributed by atoms with E-state index in [-0.39, 0.29) is 11.7 Å². The number of nitrogens with one attached hydrogen (secondary N) is 1. The van der Waals surface area contributed by atoms with Gasteiger partial charge in [-0.25, -0.2) is 4.39 Å². The van der Waals surface area contributed by atoms with E-state index >= 15 is 0 Å². The van der Waals surface area contributed by atoms with E-state index in [0.717, 1.165) is 16.8 Å². The third-order valence-corrected chi connectivity index (χ3v) is 5.05. The number of benzene rings is 3. The average Bonchev–Trinajstić information content (AvgIpc) is 2.90. The lowest BCUT2D eigenvalue weighted by molar-refractivity contribution is 0.0992. The average molecular weight is 411 g/mol. The van der Waals surface area contributed by atoms with Crippen molar-refractivity contribution in [3.05, 3.63) is 93.7 Å². The molecule has 3 aromatic rings. The van der Waals surface area contributed by atoms with Crippen LogP contribution >= 0.6 is 15.9 Å². The fraction of sp³-hybridized carbons (Fsp3) is 0.0952. The summed E-state index contributed by atoms with van der Waals surface area (Å²) in [6.07, 6.45) is -0.476. The molecule has 0 aromatic heterocycles. The van der Waals surface area contributed by atoms with E-state index in [2.05, 4.69) is 21.2 Å². The molecule has 130 valence electrons. The molecule has 0 aliphatic carbocycles. The number of fused-ring (bicyclic) bond motifs is 1. The Balaban J connectivity index is 1.82. The second-order valence-electron chi connectivity index (χ2n) is 6.22. The predicted octanol–water partition coefficient (Wildman–Crippen LogP) is 5.67. The summed E-state index contributed by atoms with van der Waals surface area (Å²) < 4.78 is 15.1. The molecule has 1 heterocycles. The number of carbonyl (C=O) groups excluding carboxylic acids is 1. The molecule has 5 heteroatoms. The summed E-state index contributed by atoms with van der Waals surface area (Å²) >= 11 is 3.27. The van der Waals surface area contributed by atoms with E-state index in [0.29, 0.717) is 15.7 Å². The van der Waals surface area contributed by atoms with Crippen molar-refractivity contribution < 1.29 is 9.18 Å². The van der Waals surface area contributed by atoms with Gasteiger partial charge < -0.3 is 5.32 Å². The molecule has 1 aliphatic rings. The number of aryl methyl sites for hydroxylation is 1. The molecule has 26 heavy (non-hydrogen) atoms. The molecule has 0 saturated heterocycles. The van der Waals surface area contributed by atoms with E-state index in [4.69, 9.17) is 0 Å². The van der Waals surface area contributed by atoms with Crippen molar-refractivity contribution >= 4 is 33.2 Å². The van der Waals surface area contributed by atoms with Crippen LogP contribution in [0.5, 0.6) is 0 Å². The number of rotatable bonds is 3. The normalized spacial score (nSPS) is 15.9. The number of halogens is 2. The molecule has 0 saturated carbocycles. The summed E-state index contributed by atoms with van der Waals surface area (Å²) in [5.74, 6) is -0.467. The molecule has 3 aromatic carbocycles. The molecule has 4 rings (SSSR count). The van der Waals surface area contributed by atoms with Crippen LogP contribution in [0.4, 0.5) is 15.8 Å². The molecule has 1 aliphatic heterocycles. The fourth-order valence-electron chi connectivity index (χ4n) is 3.29. The van der Waals surface area contributed by atoms with Gasteiger partial charge in [0.05, 0.1) is 5.69 Å². The predicted molar refractivity (Wildman–Crippen MR) is 105 cm³/mol. The van der Waals surface area contributed by atoms with E-state index in [1.807, 2.05) is 55.5 Å². The molecule has 0 fully saturated rings. The molecular weight excluding hydrogens is 395 g/mol. The lowest BCUT2D eigenvalue weighted by Gasteiger charge is -2.28. The van der Waals surface area contributed by atoms with Crippen LogP contribution in [0.25, 0.3) is 0 Å². The highest BCUT2D eigenvalue weighted by Crippen LogP contribution is 2.39. The van der Waals surface area contributed by atoms with Gasteiger partial charge in [0.2, 0.25) is 0 Å². The third kappa shape index (κ3) is 2.78. The minimum atomic E-state index is -0.476. The van der Waals surface area contributed by atoms with Gasteiger partial charge in [0.25, 0.3) is 5.91 Å². The van der Waals surface area contributed by atoms with Gasteiger partial charge in [0.15, 0.2) is 0 Å². The van der Waals surface area contributed by atoms with Crippen molar-refractivity contribution in [2.45, 2.75) is 13.1 Å². The van der Waals surface area contributed by atoms with Crippen molar-refractivity contribution in [2.75, 3.05) is 10.2 Å². The number of amides is 1. The van der Waals surface area contributed by atoms with E-state index in [1.165, 1.54) is 6.07 Å². The molecule has 0 bridgehead atoms. The molecule has 0 radical (unpaired) electrons. The van der Waals surface area contributed by atoms with Gasteiger partial charge in [0.1, 0.15) is 12.0 Å². The summed E-state index contributed by atoms with van der Waals surface area (Å²) in [7, 11) is 0. The summed E-state index contributed by atoms with van der Waals surface area (Å²) in [4.78, 5) is 14.8. The standard InChI is InChI=1S/C21H16BrFN2O/c1-13-6-2-5-9-19(13)25-20(15-7-3-4-8-16(15)21(25)26)24-18-11-10-14(22)12-17(18)23/h2-12,20,24H,1H3/t20-/m1/s1. The maximum absolute atomic E-state index is 14.4. The van der Waals surface area contributed by atoms with Gasteiger partial charge in [0, 0.05) is 21.3 Å². The summed E-state index contributed by atoms with van der Waals surface area (Å²) in [6.45, 7) is 1.96. The summed E-state index contributed by atoms with van der Waals surface area (Å²) in [6, 6.07) is 20.0. The third-order valence-electron chi connectivity index (χ3n) is 4.56. The molecule has 0 spiro atoms. The van der Waals surface area contributed by atoms with Gasteiger partial charge in [-0.1, -0.05) is 52.3 Å². The monoisotopic (exact) mass is 410 g/mol. The van der Waals surface area contributed by atoms with Gasteiger partial charge in [-0.3, -0.25) is 9.69 Å². The SMILES string of the molecule is Cc1ccccc1N1C(=O)c2ccccc2[C@@H]1Nc1ccc(Br)cc1F. The molecular formula is C21H16BrFN2O. The van der Waals surface area contributed by atoms with Gasteiger partial charge in [-0.15, -0.1) is 0 Å². The van der Waals surface area contributed by atoms with Crippen molar-refractivity contribution in [1.29, 1.82) is 0 Å². The highest BCUT2D eigenvalue weighted by Gasteiger charge is 2.38. The van der Waals surface area contributed by atoms with Crippen LogP contribution in [0.2, 0.25) is 0 Å². The number of hydrogen-bond acceptors (Lipinski definition) is 2. The van der Waals surface area contributed by atoms with Crippen molar-refractivity contribution in [3.63, 3.8) is 0 Å². The highest BCUT2D eigenvalue weighted by molar-refractivity contribution is 9.10. The first-order chi connectivity index (χ1) is 12.6. The number of para-hydroxylation sites is 1. The van der Waals surface area contributed by atoms with Crippen LogP contribution in [0.3, 0.4) is 0 Å². The Labute approximate surface area is 159 Å². The number of hydrogen-bond donors (Lipinski definition) is 1. The molecule has 1 amide bonds. The van der Waals surface area contributed by atoms with Crippen LogP contribution in [0, 0.1) is 12.7 Å². The van der Waals surface area contributed by atoms with Gasteiger partial charge in [-0.2, -0.15) is 0 Å². The van der Waals surface area contributed by atoms with E-state index in [9.17, 15) is 9.18 Å². The number of anilines is 2. The quantitative estimate of drug-likeness (QED) is 0.603. The summed E-state index contributed by atoms with van der Waals surface area (Å²) in [5, 5.41) is 3.21. The van der Waals surface area contributed by atoms with Crippen LogP contribution in [0.15, 0.2) is 71.2 Å². The zero-order chi connectivity index (χ0) is 18.3. The first-order valence-electron chi connectivity index (χ1n) is 8.26. The van der Waals surface area contributed by atoms with Crippen LogP contribution in [-0.2, 0) is 0 Å². The largest absolute Gasteiger partial charge is 0.359 e. The molecule has 1 atom stereocenters. The fourth-order valence-corrected chi connectivity index (χ4v) is 3.63. The smallest absolute Gasteiger partial charge is 0.260 e. The first-order valence-corrected chi connectivity index (χ1v) is 9.05. The Bertz CT molecular complexity index is 1000. The molecule has 1 N–H and O–H groups in total. The highest BCUT2D eigenvalue weighted by atomic mass is 79.9.